The maximum atomic E-state index is 12.4. The van der Waals surface area contributed by atoms with Gasteiger partial charge in [-0.25, -0.2) is 4.79 Å². The quantitative estimate of drug-likeness (QED) is 0.234. The molecule has 12 nitrogen and oxygen atoms in total. The molecule has 0 radical (unpaired) electrons. The molecule has 0 aliphatic heterocycles. The Morgan fingerprint density at radius 1 is 1.16 bits per heavy atom. The molecule has 32 heavy (non-hydrogen) atoms. The fourth-order valence-corrected chi connectivity index (χ4v) is 3.10. The highest BCUT2D eigenvalue weighted by molar-refractivity contribution is 5.97. The molecular weight excluding hydrogens is 420 g/mol. The summed E-state index contributed by atoms with van der Waals surface area (Å²) >= 11 is 0. The molecule has 1 atom stereocenters. The lowest BCUT2D eigenvalue weighted by Gasteiger charge is -2.14. The number of carbonyl (C=O) groups is 3. The number of nitrogens with two attached hydrogens (primary N) is 1. The van der Waals surface area contributed by atoms with Crippen LogP contribution in [0.3, 0.4) is 0 Å². The number of aromatic nitrogens is 3. The van der Waals surface area contributed by atoms with Crippen molar-refractivity contribution in [3.8, 4) is 0 Å². The number of nitrogen functional groups attached to an aromatic ring is 1. The molecular formula is C20H22N6O6. The van der Waals surface area contributed by atoms with Gasteiger partial charge in [0, 0.05) is 36.3 Å². The van der Waals surface area contributed by atoms with Crippen LogP contribution in [-0.2, 0) is 16.0 Å². The Kier molecular flexibility index (Phi) is 6.73. The van der Waals surface area contributed by atoms with Crippen molar-refractivity contribution in [1.29, 1.82) is 0 Å². The fourth-order valence-electron chi connectivity index (χ4n) is 3.10. The molecule has 1 aromatic carbocycles. The van der Waals surface area contributed by atoms with E-state index in [4.69, 9.17) is 10.8 Å². The van der Waals surface area contributed by atoms with Crippen molar-refractivity contribution < 1.29 is 24.6 Å². The summed E-state index contributed by atoms with van der Waals surface area (Å²) in [5, 5.41) is 23.8. The minimum Gasteiger partial charge on any atom is -0.481 e. The number of nitrogens with one attached hydrogen (secondary N) is 4. The molecule has 3 rings (SSSR count). The number of nitrogens with zero attached hydrogens (tertiary/aromatic N) is 1. The third-order valence-corrected chi connectivity index (χ3v) is 4.67. The molecule has 168 valence electrons. The molecule has 0 aliphatic carbocycles. The molecule has 8 N–H and O–H groups in total. The van der Waals surface area contributed by atoms with Gasteiger partial charge in [-0.05, 0) is 30.7 Å². The van der Waals surface area contributed by atoms with Crippen molar-refractivity contribution in [3.05, 3.63) is 51.9 Å². The van der Waals surface area contributed by atoms with Gasteiger partial charge in [-0.2, -0.15) is 4.98 Å². The van der Waals surface area contributed by atoms with Crippen molar-refractivity contribution in [2.24, 2.45) is 0 Å². The largest absolute Gasteiger partial charge is 0.481 e. The van der Waals surface area contributed by atoms with E-state index in [1.165, 1.54) is 6.07 Å². The lowest BCUT2D eigenvalue weighted by atomic mass is 10.1. The van der Waals surface area contributed by atoms with E-state index >= 15 is 0 Å². The number of carboxylic acid groups (broad SMARTS) is 2. The van der Waals surface area contributed by atoms with E-state index in [9.17, 15) is 24.3 Å². The molecule has 2 aromatic heterocycles. The highest BCUT2D eigenvalue weighted by Crippen LogP contribution is 2.13. The van der Waals surface area contributed by atoms with Crippen LogP contribution in [0.5, 0.6) is 0 Å². The predicted octanol–water partition coefficient (Wildman–Crippen LogP) is 0.536. The highest BCUT2D eigenvalue weighted by Gasteiger charge is 2.21. The Morgan fingerprint density at radius 3 is 2.66 bits per heavy atom. The second-order valence-electron chi connectivity index (χ2n) is 7.06. The summed E-state index contributed by atoms with van der Waals surface area (Å²) in [5.74, 6) is -3.04. The summed E-state index contributed by atoms with van der Waals surface area (Å²) in [6.07, 6.45) is -0.0643. The summed E-state index contributed by atoms with van der Waals surface area (Å²) < 4.78 is 0. The first-order valence-electron chi connectivity index (χ1n) is 9.69. The van der Waals surface area contributed by atoms with Crippen LogP contribution in [0.15, 0.2) is 35.1 Å². The minimum atomic E-state index is -1.30. The smallest absolute Gasteiger partial charge is 0.326 e. The Hall–Kier alpha value is -4.35. The fraction of sp³-hybridized carbons (Fsp3) is 0.250. The van der Waals surface area contributed by atoms with Crippen LogP contribution in [0.1, 0.15) is 28.9 Å². The Balaban J connectivity index is 1.60. The maximum absolute atomic E-state index is 12.4. The number of aliphatic carboxylic acids is 2. The van der Waals surface area contributed by atoms with Gasteiger partial charge in [0.15, 0.2) is 0 Å². The number of carboxylic acids is 2. The van der Waals surface area contributed by atoms with Crippen molar-refractivity contribution in [3.63, 3.8) is 0 Å². The van der Waals surface area contributed by atoms with Crippen molar-refractivity contribution in [1.82, 2.24) is 20.3 Å². The molecule has 1 amide bonds. The normalized spacial score (nSPS) is 11.8. The number of hydrogen-bond acceptors (Lipinski definition) is 7. The molecule has 0 fully saturated rings. The van der Waals surface area contributed by atoms with Gasteiger partial charge < -0.3 is 31.6 Å². The van der Waals surface area contributed by atoms with E-state index in [2.05, 4.69) is 25.6 Å². The summed E-state index contributed by atoms with van der Waals surface area (Å²) in [4.78, 5) is 55.7. The van der Waals surface area contributed by atoms with Gasteiger partial charge in [0.2, 0.25) is 5.95 Å². The molecule has 3 aromatic rings. The van der Waals surface area contributed by atoms with E-state index in [-0.39, 0.29) is 29.9 Å². The van der Waals surface area contributed by atoms with E-state index in [1.807, 2.05) is 0 Å². The van der Waals surface area contributed by atoms with Gasteiger partial charge >= 0.3 is 11.9 Å². The third kappa shape index (κ3) is 5.62. The summed E-state index contributed by atoms with van der Waals surface area (Å²) in [6.45, 7) is 0.474. The number of anilines is 2. The zero-order valence-electron chi connectivity index (χ0n) is 16.8. The van der Waals surface area contributed by atoms with Gasteiger partial charge in [-0.15, -0.1) is 0 Å². The number of carbonyl (C=O) groups excluding carboxylic acids is 1. The van der Waals surface area contributed by atoms with Gasteiger partial charge in [-0.3, -0.25) is 19.4 Å². The zero-order valence-corrected chi connectivity index (χ0v) is 16.8. The van der Waals surface area contributed by atoms with Gasteiger partial charge in [0.05, 0.1) is 5.39 Å². The second-order valence-corrected chi connectivity index (χ2v) is 7.06. The van der Waals surface area contributed by atoms with Crippen molar-refractivity contribution in [2.75, 3.05) is 17.6 Å². The van der Waals surface area contributed by atoms with Crippen molar-refractivity contribution >= 4 is 40.5 Å². The Bertz CT molecular complexity index is 1220. The number of amides is 1. The lowest BCUT2D eigenvalue weighted by Crippen LogP contribution is -2.41. The molecule has 0 saturated heterocycles. The number of benzene rings is 1. The predicted molar refractivity (Wildman–Crippen MR) is 116 cm³/mol. The zero-order chi connectivity index (χ0) is 23.3. The molecule has 0 spiro atoms. The van der Waals surface area contributed by atoms with Gasteiger partial charge in [-0.1, -0.05) is 6.07 Å². The minimum absolute atomic E-state index is 0.0252. The maximum Gasteiger partial charge on any atom is 0.326 e. The summed E-state index contributed by atoms with van der Waals surface area (Å²) in [5.41, 5.74) is 7.24. The molecule has 12 heteroatoms. The van der Waals surface area contributed by atoms with Crippen LogP contribution in [-0.4, -0.2) is 55.6 Å². The van der Waals surface area contributed by atoms with Crippen molar-refractivity contribution in [2.45, 2.75) is 25.3 Å². The third-order valence-electron chi connectivity index (χ3n) is 4.67. The number of fused-ring (bicyclic) bond motifs is 1. The average Bonchev–Trinajstić information content (AvgIpc) is 3.14. The van der Waals surface area contributed by atoms with Gasteiger partial charge in [0.25, 0.3) is 11.5 Å². The SMILES string of the molecule is Nc1nc2[nH]c(CCNc3cccc(C(=O)N[C@@H](CCC(=O)O)C(=O)O)c3)cc2c(=O)[nH]1. The summed E-state index contributed by atoms with van der Waals surface area (Å²) in [7, 11) is 0. The number of aromatic amines is 2. The summed E-state index contributed by atoms with van der Waals surface area (Å²) in [6, 6.07) is 6.85. The molecule has 0 aliphatic rings. The Morgan fingerprint density at radius 2 is 1.94 bits per heavy atom. The first-order valence-corrected chi connectivity index (χ1v) is 9.69. The number of rotatable bonds is 10. The van der Waals surface area contributed by atoms with E-state index in [0.29, 0.717) is 29.7 Å². The second kappa shape index (κ2) is 9.64. The molecule has 0 saturated carbocycles. The van der Waals surface area contributed by atoms with Gasteiger partial charge in [0.1, 0.15) is 11.7 Å². The van der Waals surface area contributed by atoms with E-state index in [1.54, 1.807) is 24.3 Å². The van der Waals surface area contributed by atoms with E-state index in [0.717, 1.165) is 5.69 Å². The molecule has 0 unspecified atom stereocenters. The lowest BCUT2D eigenvalue weighted by molar-refractivity contribution is -0.140. The highest BCUT2D eigenvalue weighted by atomic mass is 16.4. The molecule has 2 heterocycles. The molecule has 0 bridgehead atoms. The van der Waals surface area contributed by atoms with Crippen LogP contribution in [0, 0.1) is 0 Å². The van der Waals surface area contributed by atoms with Crippen LogP contribution in [0.25, 0.3) is 11.0 Å². The van der Waals surface area contributed by atoms with Crippen LogP contribution in [0.2, 0.25) is 0 Å². The average molecular weight is 442 g/mol. The first-order chi connectivity index (χ1) is 15.2. The standard InChI is InChI=1S/C20H22N6O6/c21-20-25-16-13(18(30)26-20)9-12(23-16)6-7-22-11-3-1-2-10(8-11)17(29)24-14(19(31)32)4-5-15(27)28/h1-3,8-9,14,22H,4-7H2,(H,24,29)(H,27,28)(H,31,32)(H4,21,23,25,26,30)/t14-/m0/s1. The van der Waals surface area contributed by atoms with E-state index < -0.39 is 23.9 Å². The van der Waals surface area contributed by atoms with Crippen LogP contribution >= 0.6 is 0 Å². The monoisotopic (exact) mass is 442 g/mol. The Labute approximate surface area is 180 Å². The topological polar surface area (TPSA) is 203 Å². The first kappa shape index (κ1) is 22.3. The number of H-pyrrole nitrogens is 2. The number of hydrogen-bond donors (Lipinski definition) is 7. The van der Waals surface area contributed by atoms with Crippen LogP contribution in [0.4, 0.5) is 11.6 Å². The van der Waals surface area contributed by atoms with Crippen LogP contribution < -0.4 is 21.9 Å².